The molecule has 3 heterocycles. The molecule has 29 heavy (non-hydrogen) atoms. The molecule has 0 aromatic carbocycles. The van der Waals surface area contributed by atoms with Crippen molar-refractivity contribution in [1.29, 1.82) is 0 Å². The van der Waals surface area contributed by atoms with Crippen molar-refractivity contribution in [2.75, 3.05) is 27.3 Å². The second kappa shape index (κ2) is 8.13. The molecule has 0 fully saturated rings. The van der Waals surface area contributed by atoms with E-state index in [2.05, 4.69) is 19.6 Å². The zero-order valence-electron chi connectivity index (χ0n) is 16.5. The Hall–Kier alpha value is -3.69. The quantitative estimate of drug-likeness (QED) is 0.569. The minimum absolute atomic E-state index is 0.236. The third-order valence-electron chi connectivity index (χ3n) is 4.36. The smallest absolute Gasteiger partial charge is 0.325 e. The third-order valence-corrected chi connectivity index (χ3v) is 4.36. The summed E-state index contributed by atoms with van der Waals surface area (Å²) in [6.45, 7) is 0.922. The molecule has 0 aliphatic carbocycles. The maximum Gasteiger partial charge on any atom is 0.325 e. The SMILES string of the molecule is COC(=O)CN(CC(=O)OC)C(=O)c1cc(-c2ccco2)nc2c1c(C)nn2C. The molecule has 0 saturated carbocycles. The van der Waals surface area contributed by atoms with Crippen molar-refractivity contribution in [2.24, 2.45) is 7.05 Å². The van der Waals surface area contributed by atoms with Crippen molar-refractivity contribution in [3.8, 4) is 11.5 Å². The van der Waals surface area contributed by atoms with Gasteiger partial charge in [0.2, 0.25) is 0 Å². The Morgan fingerprint density at radius 2 is 1.83 bits per heavy atom. The number of nitrogens with zero attached hydrogens (tertiary/aromatic N) is 4. The number of amides is 1. The molecule has 0 saturated heterocycles. The van der Waals surface area contributed by atoms with E-state index in [9.17, 15) is 14.4 Å². The molecule has 0 atom stereocenters. The van der Waals surface area contributed by atoms with Crippen LogP contribution >= 0.6 is 0 Å². The van der Waals surface area contributed by atoms with Crippen molar-refractivity contribution in [3.05, 3.63) is 35.7 Å². The Kier molecular flexibility index (Phi) is 5.62. The number of furan rings is 1. The topological polar surface area (TPSA) is 117 Å². The molecule has 0 spiro atoms. The van der Waals surface area contributed by atoms with Gasteiger partial charge in [0.05, 0.1) is 37.1 Å². The van der Waals surface area contributed by atoms with Crippen molar-refractivity contribution in [3.63, 3.8) is 0 Å². The molecule has 0 unspecified atom stereocenters. The Morgan fingerprint density at radius 3 is 2.38 bits per heavy atom. The average Bonchev–Trinajstić information content (AvgIpc) is 3.34. The van der Waals surface area contributed by atoms with Gasteiger partial charge in [-0.05, 0) is 25.1 Å². The Bertz CT molecular complexity index is 1050. The first-order valence-electron chi connectivity index (χ1n) is 8.66. The van der Waals surface area contributed by atoms with Crippen LogP contribution in [0.25, 0.3) is 22.5 Å². The van der Waals surface area contributed by atoms with Gasteiger partial charge in [0.25, 0.3) is 5.91 Å². The number of fused-ring (bicyclic) bond motifs is 1. The molecule has 1 amide bonds. The van der Waals surface area contributed by atoms with E-state index in [1.807, 2.05) is 0 Å². The van der Waals surface area contributed by atoms with Crippen molar-refractivity contribution >= 4 is 28.9 Å². The number of pyridine rings is 1. The summed E-state index contributed by atoms with van der Waals surface area (Å²) in [5, 5.41) is 4.86. The van der Waals surface area contributed by atoms with Crippen LogP contribution in [0.4, 0.5) is 0 Å². The predicted molar refractivity (Wildman–Crippen MR) is 101 cm³/mol. The third kappa shape index (κ3) is 3.96. The monoisotopic (exact) mass is 400 g/mol. The number of esters is 2. The van der Waals surface area contributed by atoms with Crippen LogP contribution in [0.2, 0.25) is 0 Å². The zero-order chi connectivity index (χ0) is 21.1. The summed E-state index contributed by atoms with van der Waals surface area (Å²) in [6.07, 6.45) is 1.50. The maximum atomic E-state index is 13.4. The number of hydrogen-bond donors (Lipinski definition) is 0. The molecule has 0 aliphatic rings. The number of methoxy groups -OCH3 is 2. The van der Waals surface area contributed by atoms with Crippen LogP contribution in [0.5, 0.6) is 0 Å². The molecule has 0 radical (unpaired) electrons. The fourth-order valence-electron chi connectivity index (χ4n) is 2.97. The van der Waals surface area contributed by atoms with Crippen LogP contribution in [0.1, 0.15) is 16.1 Å². The minimum Gasteiger partial charge on any atom is -0.468 e. The van der Waals surface area contributed by atoms with E-state index >= 15 is 0 Å². The number of hydrogen-bond acceptors (Lipinski definition) is 8. The largest absolute Gasteiger partial charge is 0.468 e. The highest BCUT2D eigenvalue weighted by molar-refractivity contribution is 6.08. The highest BCUT2D eigenvalue weighted by Crippen LogP contribution is 2.28. The molecule has 3 rings (SSSR count). The van der Waals surface area contributed by atoms with Gasteiger partial charge in [0.15, 0.2) is 11.4 Å². The second-order valence-electron chi connectivity index (χ2n) is 6.25. The summed E-state index contributed by atoms with van der Waals surface area (Å²) >= 11 is 0. The highest BCUT2D eigenvalue weighted by Gasteiger charge is 2.27. The van der Waals surface area contributed by atoms with Gasteiger partial charge in [-0.15, -0.1) is 0 Å². The van der Waals surface area contributed by atoms with E-state index in [0.717, 1.165) is 4.90 Å². The highest BCUT2D eigenvalue weighted by atomic mass is 16.5. The number of aryl methyl sites for hydroxylation is 2. The Labute approximate surface area is 166 Å². The summed E-state index contributed by atoms with van der Waals surface area (Å²) in [4.78, 5) is 42.6. The van der Waals surface area contributed by atoms with Gasteiger partial charge in [0, 0.05) is 7.05 Å². The molecule has 10 heteroatoms. The normalized spacial score (nSPS) is 10.8. The minimum atomic E-state index is -0.665. The molecule has 0 N–H and O–H groups in total. The average molecular weight is 400 g/mol. The summed E-state index contributed by atoms with van der Waals surface area (Å²) in [5.41, 5.74) is 1.71. The Balaban J connectivity index is 2.15. The number of ether oxygens (including phenoxy) is 2. The Morgan fingerprint density at radius 1 is 1.17 bits per heavy atom. The fraction of sp³-hybridized carbons (Fsp3) is 0.316. The van der Waals surface area contributed by atoms with E-state index in [4.69, 9.17) is 4.42 Å². The molecular formula is C19H20N4O6. The maximum absolute atomic E-state index is 13.4. The predicted octanol–water partition coefficient (Wildman–Crippen LogP) is 1.32. The number of carbonyl (C=O) groups is 3. The lowest BCUT2D eigenvalue weighted by Gasteiger charge is -2.21. The second-order valence-corrected chi connectivity index (χ2v) is 6.25. The first-order valence-corrected chi connectivity index (χ1v) is 8.66. The van der Waals surface area contributed by atoms with Gasteiger partial charge in [0.1, 0.15) is 18.8 Å². The number of aromatic nitrogens is 3. The molecule has 3 aromatic rings. The summed E-state index contributed by atoms with van der Waals surface area (Å²) in [6, 6.07) is 4.98. The molecule has 0 aliphatic heterocycles. The van der Waals surface area contributed by atoms with Crippen LogP contribution in [0.15, 0.2) is 28.9 Å². The lowest BCUT2D eigenvalue weighted by Crippen LogP contribution is -2.40. The first-order chi connectivity index (χ1) is 13.8. The molecule has 0 bridgehead atoms. The van der Waals surface area contributed by atoms with Crippen molar-refractivity contribution < 1.29 is 28.3 Å². The number of carbonyl (C=O) groups excluding carboxylic acids is 3. The van der Waals surface area contributed by atoms with E-state index in [1.165, 1.54) is 20.5 Å². The van der Waals surface area contributed by atoms with Crippen LogP contribution in [-0.4, -0.2) is 64.8 Å². The van der Waals surface area contributed by atoms with Gasteiger partial charge in [-0.2, -0.15) is 5.10 Å². The van der Waals surface area contributed by atoms with E-state index in [-0.39, 0.29) is 5.56 Å². The van der Waals surface area contributed by atoms with E-state index < -0.39 is 30.9 Å². The first kappa shape index (κ1) is 20.1. The van der Waals surface area contributed by atoms with E-state index in [0.29, 0.717) is 28.2 Å². The molecule has 152 valence electrons. The van der Waals surface area contributed by atoms with E-state index in [1.54, 1.807) is 36.9 Å². The van der Waals surface area contributed by atoms with Crippen LogP contribution in [0.3, 0.4) is 0 Å². The summed E-state index contributed by atoms with van der Waals surface area (Å²) in [7, 11) is 4.12. The van der Waals surface area contributed by atoms with Gasteiger partial charge in [-0.3, -0.25) is 19.1 Å². The summed E-state index contributed by atoms with van der Waals surface area (Å²) < 4.78 is 16.3. The van der Waals surface area contributed by atoms with Crippen LogP contribution < -0.4 is 0 Å². The van der Waals surface area contributed by atoms with Gasteiger partial charge >= 0.3 is 11.9 Å². The lowest BCUT2D eigenvalue weighted by molar-refractivity contribution is -0.144. The molecule has 3 aromatic heterocycles. The molecular weight excluding hydrogens is 380 g/mol. The standard InChI is InChI=1S/C19H20N4O6/c1-11-17-12(19(26)23(9-15(24)27-3)10-16(25)28-4)8-13(14-6-5-7-29-14)20-18(17)22(2)21-11/h5-8H,9-10H2,1-4H3. The van der Waals surface area contributed by atoms with Gasteiger partial charge in [-0.25, -0.2) is 4.98 Å². The fourth-order valence-corrected chi connectivity index (χ4v) is 2.97. The zero-order valence-corrected chi connectivity index (χ0v) is 16.5. The van der Waals surface area contributed by atoms with Gasteiger partial charge in [-0.1, -0.05) is 0 Å². The lowest BCUT2D eigenvalue weighted by atomic mass is 10.1. The number of rotatable bonds is 6. The van der Waals surface area contributed by atoms with Gasteiger partial charge < -0.3 is 18.8 Å². The summed E-state index contributed by atoms with van der Waals surface area (Å²) in [5.74, 6) is -1.42. The molecule has 10 nitrogen and oxygen atoms in total. The van der Waals surface area contributed by atoms with Crippen molar-refractivity contribution in [1.82, 2.24) is 19.7 Å². The van der Waals surface area contributed by atoms with Crippen LogP contribution in [0, 0.1) is 6.92 Å². The van der Waals surface area contributed by atoms with Crippen LogP contribution in [-0.2, 0) is 26.1 Å². The van der Waals surface area contributed by atoms with Crippen molar-refractivity contribution in [2.45, 2.75) is 6.92 Å².